The Kier molecular flexibility index (Phi) is 9.31. The number of carbonyl (C=O) groups excluding carboxylic acids is 3. The molecule has 0 spiro atoms. The fraction of sp³-hybridized carbons (Fsp3) is 0.632. The van der Waals surface area contributed by atoms with E-state index < -0.39 is 42.0 Å². The maximum absolute atomic E-state index is 12.9. The summed E-state index contributed by atoms with van der Waals surface area (Å²) in [5.74, 6) is -1.99. The topological polar surface area (TPSA) is 171 Å². The minimum absolute atomic E-state index is 0.0976. The van der Waals surface area contributed by atoms with Crippen LogP contribution in [0, 0.1) is 0 Å². The molecule has 4 atom stereocenters. The summed E-state index contributed by atoms with van der Waals surface area (Å²) in [5, 5.41) is 14.6. The number of carboxylic acids is 1. The molecule has 0 saturated carbocycles. The van der Waals surface area contributed by atoms with Gasteiger partial charge in [-0.25, -0.2) is 9.78 Å². The Bertz CT molecular complexity index is 772. The molecule has 1 aromatic heterocycles. The SMILES string of the molecule is CSCCC(NC(=O)C(Cc1cnc[nH]1)NC(=O)C1CCCN1C(=O)C(C)N)C(=O)O. The minimum atomic E-state index is -1.14. The van der Waals surface area contributed by atoms with Crippen molar-refractivity contribution < 1.29 is 24.3 Å². The number of aliphatic carboxylic acids is 1. The Morgan fingerprint density at radius 2 is 2.10 bits per heavy atom. The zero-order valence-corrected chi connectivity index (χ0v) is 18.5. The molecule has 1 fully saturated rings. The van der Waals surface area contributed by atoms with Gasteiger partial charge in [-0.15, -0.1) is 0 Å². The van der Waals surface area contributed by atoms with Gasteiger partial charge < -0.3 is 31.4 Å². The van der Waals surface area contributed by atoms with Crippen molar-refractivity contribution in [3.63, 3.8) is 0 Å². The van der Waals surface area contributed by atoms with Crippen LogP contribution in [0.3, 0.4) is 0 Å². The third kappa shape index (κ3) is 6.96. The number of hydrogen-bond acceptors (Lipinski definition) is 7. The van der Waals surface area contributed by atoms with E-state index in [-0.39, 0.29) is 18.7 Å². The zero-order chi connectivity index (χ0) is 23.0. The lowest BCUT2D eigenvalue weighted by Crippen LogP contribution is -2.57. The first kappa shape index (κ1) is 24.7. The summed E-state index contributed by atoms with van der Waals surface area (Å²) >= 11 is 1.47. The number of nitrogens with one attached hydrogen (secondary N) is 3. The summed E-state index contributed by atoms with van der Waals surface area (Å²) in [6, 6.07) is -3.55. The monoisotopic (exact) mass is 454 g/mol. The number of thioether (sulfide) groups is 1. The van der Waals surface area contributed by atoms with Crippen LogP contribution in [0.1, 0.15) is 31.9 Å². The molecule has 4 unspecified atom stereocenters. The second-order valence-corrected chi connectivity index (χ2v) is 8.49. The number of carbonyl (C=O) groups is 4. The third-order valence-electron chi connectivity index (χ3n) is 5.07. The lowest BCUT2D eigenvalue weighted by Gasteiger charge is -2.28. The molecule has 0 bridgehead atoms. The molecule has 6 N–H and O–H groups in total. The van der Waals surface area contributed by atoms with Crippen LogP contribution in [0.4, 0.5) is 0 Å². The van der Waals surface area contributed by atoms with E-state index in [1.807, 2.05) is 6.26 Å². The molecular formula is C19H30N6O5S. The minimum Gasteiger partial charge on any atom is -0.480 e. The lowest BCUT2D eigenvalue weighted by molar-refractivity contribution is -0.143. The summed E-state index contributed by atoms with van der Waals surface area (Å²) in [6.45, 7) is 1.98. The largest absolute Gasteiger partial charge is 0.480 e. The van der Waals surface area contributed by atoms with Gasteiger partial charge in [-0.3, -0.25) is 14.4 Å². The highest BCUT2D eigenvalue weighted by Crippen LogP contribution is 2.18. The Morgan fingerprint density at radius 3 is 2.68 bits per heavy atom. The van der Waals surface area contributed by atoms with Crippen molar-refractivity contribution in [3.8, 4) is 0 Å². The maximum atomic E-state index is 12.9. The van der Waals surface area contributed by atoms with Crippen molar-refractivity contribution in [2.75, 3.05) is 18.6 Å². The Morgan fingerprint density at radius 1 is 1.35 bits per heavy atom. The Balaban J connectivity index is 2.13. The highest BCUT2D eigenvalue weighted by molar-refractivity contribution is 7.98. The number of rotatable bonds is 11. The van der Waals surface area contributed by atoms with Crippen molar-refractivity contribution in [2.45, 2.75) is 56.8 Å². The first-order chi connectivity index (χ1) is 14.7. The predicted octanol–water partition coefficient (Wildman–Crippen LogP) is -0.902. The van der Waals surface area contributed by atoms with Crippen molar-refractivity contribution in [1.82, 2.24) is 25.5 Å². The van der Waals surface area contributed by atoms with Crippen LogP contribution < -0.4 is 16.4 Å². The number of amides is 3. The van der Waals surface area contributed by atoms with E-state index in [4.69, 9.17) is 5.73 Å². The highest BCUT2D eigenvalue weighted by Gasteiger charge is 2.37. The van der Waals surface area contributed by atoms with Crippen molar-refractivity contribution >= 4 is 35.5 Å². The van der Waals surface area contributed by atoms with Gasteiger partial charge in [0.1, 0.15) is 18.1 Å². The molecule has 1 aliphatic rings. The van der Waals surface area contributed by atoms with Gasteiger partial charge in [-0.05, 0) is 38.2 Å². The fourth-order valence-corrected chi connectivity index (χ4v) is 3.89. The molecule has 2 heterocycles. The molecule has 1 aromatic rings. The molecule has 0 radical (unpaired) electrons. The molecular weight excluding hydrogens is 424 g/mol. The molecule has 3 amide bonds. The number of likely N-dealkylation sites (tertiary alicyclic amines) is 1. The molecule has 2 rings (SSSR count). The standard InChI is InChI=1S/C19H30N6O5S/c1-11(20)18(28)25-6-3-4-15(25)17(27)24-14(8-12-9-21-10-22-12)16(26)23-13(19(29)30)5-7-31-2/h9-11,13-15H,3-8,20H2,1-2H3,(H,21,22)(H,23,26)(H,24,27)(H,29,30). The second kappa shape index (κ2) is 11.7. The number of nitrogens with two attached hydrogens (primary N) is 1. The van der Waals surface area contributed by atoms with Gasteiger partial charge in [0.05, 0.1) is 12.4 Å². The maximum Gasteiger partial charge on any atom is 0.326 e. The molecule has 172 valence electrons. The Hall–Kier alpha value is -2.60. The van der Waals surface area contributed by atoms with Crippen LogP contribution >= 0.6 is 11.8 Å². The number of carboxylic acid groups (broad SMARTS) is 1. The molecule has 11 nitrogen and oxygen atoms in total. The Labute approximate surface area is 184 Å². The first-order valence-electron chi connectivity index (χ1n) is 10.1. The van der Waals surface area contributed by atoms with Crippen molar-refractivity contribution in [3.05, 3.63) is 18.2 Å². The van der Waals surface area contributed by atoms with E-state index in [0.717, 1.165) is 0 Å². The fourth-order valence-electron chi connectivity index (χ4n) is 3.42. The van der Waals surface area contributed by atoms with Crippen LogP contribution in [-0.2, 0) is 25.6 Å². The highest BCUT2D eigenvalue weighted by atomic mass is 32.2. The van der Waals surface area contributed by atoms with E-state index in [2.05, 4.69) is 20.6 Å². The van der Waals surface area contributed by atoms with Gasteiger partial charge in [0.2, 0.25) is 17.7 Å². The van der Waals surface area contributed by atoms with Crippen LogP contribution in [0.5, 0.6) is 0 Å². The van der Waals surface area contributed by atoms with Gasteiger partial charge in [0.15, 0.2) is 0 Å². The van der Waals surface area contributed by atoms with E-state index in [0.29, 0.717) is 30.8 Å². The van der Waals surface area contributed by atoms with Gasteiger partial charge in [0.25, 0.3) is 0 Å². The average Bonchev–Trinajstić information content (AvgIpc) is 3.41. The predicted molar refractivity (Wildman–Crippen MR) is 115 cm³/mol. The van der Waals surface area contributed by atoms with Crippen LogP contribution in [0.15, 0.2) is 12.5 Å². The number of aromatic amines is 1. The normalized spacial score (nSPS) is 18.8. The summed E-state index contributed by atoms with van der Waals surface area (Å²) in [5.41, 5.74) is 6.29. The summed E-state index contributed by atoms with van der Waals surface area (Å²) in [4.78, 5) is 57.9. The van der Waals surface area contributed by atoms with Crippen LogP contribution in [0.2, 0.25) is 0 Å². The van der Waals surface area contributed by atoms with E-state index in [1.54, 1.807) is 6.92 Å². The van der Waals surface area contributed by atoms with E-state index in [9.17, 15) is 24.3 Å². The molecule has 0 aliphatic carbocycles. The van der Waals surface area contributed by atoms with Crippen molar-refractivity contribution in [1.29, 1.82) is 0 Å². The second-order valence-electron chi connectivity index (χ2n) is 7.50. The lowest BCUT2D eigenvalue weighted by atomic mass is 10.1. The van der Waals surface area contributed by atoms with Crippen molar-refractivity contribution in [2.24, 2.45) is 5.73 Å². The molecule has 31 heavy (non-hydrogen) atoms. The molecule has 1 saturated heterocycles. The summed E-state index contributed by atoms with van der Waals surface area (Å²) in [7, 11) is 0. The average molecular weight is 455 g/mol. The van der Waals surface area contributed by atoms with Gasteiger partial charge in [-0.2, -0.15) is 11.8 Å². The number of imidazole rings is 1. The summed E-state index contributed by atoms with van der Waals surface area (Å²) in [6.07, 6.45) is 6.30. The number of nitrogens with zero attached hydrogens (tertiary/aromatic N) is 2. The zero-order valence-electron chi connectivity index (χ0n) is 17.7. The van der Waals surface area contributed by atoms with Gasteiger partial charge in [0, 0.05) is 24.9 Å². The molecule has 1 aliphatic heterocycles. The van der Waals surface area contributed by atoms with Crippen LogP contribution in [-0.4, -0.2) is 86.4 Å². The number of H-pyrrole nitrogens is 1. The van der Waals surface area contributed by atoms with Crippen LogP contribution in [0.25, 0.3) is 0 Å². The van der Waals surface area contributed by atoms with Gasteiger partial charge >= 0.3 is 5.97 Å². The van der Waals surface area contributed by atoms with Gasteiger partial charge in [-0.1, -0.05) is 0 Å². The smallest absolute Gasteiger partial charge is 0.326 e. The number of aromatic nitrogens is 2. The molecule has 0 aromatic carbocycles. The van der Waals surface area contributed by atoms with E-state index >= 15 is 0 Å². The molecule has 12 heteroatoms. The quantitative estimate of drug-likeness (QED) is 0.286. The number of hydrogen-bond donors (Lipinski definition) is 5. The third-order valence-corrected chi connectivity index (χ3v) is 5.71. The first-order valence-corrected chi connectivity index (χ1v) is 11.5. The van der Waals surface area contributed by atoms with E-state index in [1.165, 1.54) is 29.2 Å². The summed E-state index contributed by atoms with van der Waals surface area (Å²) < 4.78 is 0.